The van der Waals surface area contributed by atoms with Crippen LogP contribution in [0.4, 0.5) is 0 Å². The minimum atomic E-state index is 0.123. The molecule has 0 saturated carbocycles. The van der Waals surface area contributed by atoms with E-state index >= 15 is 0 Å². The van der Waals surface area contributed by atoms with Crippen LogP contribution in [0.2, 0.25) is 0 Å². The number of fused-ring (bicyclic) bond motifs is 1. The average molecular weight is 373 g/mol. The number of hydrogen-bond acceptors (Lipinski definition) is 7. The second-order valence-corrected chi connectivity index (χ2v) is 6.77. The number of piperidine rings is 1. The molecule has 1 atom stereocenters. The highest BCUT2D eigenvalue weighted by molar-refractivity contribution is 5.94. The maximum absolute atomic E-state index is 6.01. The molecule has 8 nitrogen and oxygen atoms in total. The van der Waals surface area contributed by atoms with Crippen molar-refractivity contribution in [3.05, 3.63) is 48.9 Å². The van der Waals surface area contributed by atoms with Crippen molar-refractivity contribution in [2.24, 2.45) is 0 Å². The Morgan fingerprint density at radius 3 is 2.96 bits per heavy atom. The highest BCUT2D eigenvalue weighted by atomic mass is 16.5. The number of H-pyrrole nitrogens is 1. The van der Waals surface area contributed by atoms with Crippen LogP contribution in [0.3, 0.4) is 0 Å². The quantitative estimate of drug-likeness (QED) is 0.567. The van der Waals surface area contributed by atoms with E-state index in [0.717, 1.165) is 53.8 Å². The predicted octanol–water partition coefficient (Wildman–Crippen LogP) is 2.61. The summed E-state index contributed by atoms with van der Waals surface area (Å²) in [7, 11) is 0. The highest BCUT2D eigenvalue weighted by Crippen LogP contribution is 2.29. The van der Waals surface area contributed by atoms with Crippen molar-refractivity contribution in [3.8, 4) is 28.5 Å². The number of benzene rings is 1. The van der Waals surface area contributed by atoms with Gasteiger partial charge in [0, 0.05) is 23.7 Å². The Morgan fingerprint density at radius 2 is 2.11 bits per heavy atom. The second kappa shape index (κ2) is 7.32. The van der Waals surface area contributed by atoms with Gasteiger partial charge in [0.05, 0.1) is 23.6 Å². The summed E-state index contributed by atoms with van der Waals surface area (Å²) in [6.45, 7) is 1.87. The lowest BCUT2D eigenvalue weighted by Crippen LogP contribution is -2.37. The van der Waals surface area contributed by atoms with Crippen LogP contribution >= 0.6 is 0 Å². The van der Waals surface area contributed by atoms with Crippen molar-refractivity contribution < 1.29 is 4.74 Å². The van der Waals surface area contributed by atoms with Gasteiger partial charge in [-0.25, -0.2) is 4.98 Å². The fraction of sp³-hybridized carbons (Fsp3) is 0.250. The first-order chi connectivity index (χ1) is 13.9. The molecule has 1 aromatic carbocycles. The molecule has 1 aliphatic heterocycles. The van der Waals surface area contributed by atoms with Crippen LogP contribution in [-0.4, -0.2) is 49.6 Å². The molecule has 1 fully saturated rings. The number of ether oxygens (including phenoxy) is 1. The van der Waals surface area contributed by atoms with Crippen LogP contribution in [0.1, 0.15) is 12.8 Å². The van der Waals surface area contributed by atoms with E-state index in [1.807, 2.05) is 30.3 Å². The zero-order valence-corrected chi connectivity index (χ0v) is 15.2. The van der Waals surface area contributed by atoms with E-state index in [0.29, 0.717) is 11.6 Å². The minimum Gasteiger partial charge on any atom is -0.472 e. The lowest BCUT2D eigenvalue weighted by atomic mass is 10.1. The summed E-state index contributed by atoms with van der Waals surface area (Å²) in [6, 6.07) is 9.82. The summed E-state index contributed by atoms with van der Waals surface area (Å²) < 4.78 is 6.01. The number of nitrogens with one attached hydrogen (secondary N) is 2. The SMILES string of the molecule is c1cnnc(-c2ccc3[nH]nc(-c4cncc(O[C@@H]5CCCNC5)n4)c3c2)c1. The van der Waals surface area contributed by atoms with Gasteiger partial charge in [0.25, 0.3) is 0 Å². The number of aromatic nitrogens is 6. The minimum absolute atomic E-state index is 0.123. The first-order valence-electron chi connectivity index (χ1n) is 9.33. The summed E-state index contributed by atoms with van der Waals surface area (Å²) >= 11 is 0. The summed E-state index contributed by atoms with van der Waals surface area (Å²) in [6.07, 6.45) is 7.26. The van der Waals surface area contributed by atoms with Gasteiger partial charge in [0.1, 0.15) is 17.5 Å². The van der Waals surface area contributed by atoms with Gasteiger partial charge in [-0.3, -0.25) is 10.1 Å². The number of hydrogen-bond donors (Lipinski definition) is 2. The van der Waals surface area contributed by atoms with Gasteiger partial charge >= 0.3 is 0 Å². The van der Waals surface area contributed by atoms with Crippen LogP contribution in [0, 0.1) is 0 Å². The molecule has 2 N–H and O–H groups in total. The molecule has 8 heteroatoms. The molecular formula is C20H19N7O. The lowest BCUT2D eigenvalue weighted by Gasteiger charge is -2.23. The Morgan fingerprint density at radius 1 is 1.11 bits per heavy atom. The third kappa shape index (κ3) is 3.29. The first-order valence-corrected chi connectivity index (χ1v) is 9.33. The molecule has 4 heterocycles. The lowest BCUT2D eigenvalue weighted by molar-refractivity contribution is 0.160. The fourth-order valence-electron chi connectivity index (χ4n) is 3.43. The van der Waals surface area contributed by atoms with Crippen LogP contribution in [0.15, 0.2) is 48.9 Å². The van der Waals surface area contributed by atoms with Crippen molar-refractivity contribution >= 4 is 10.9 Å². The monoisotopic (exact) mass is 373 g/mol. The molecule has 0 unspecified atom stereocenters. The fourth-order valence-corrected chi connectivity index (χ4v) is 3.43. The molecule has 140 valence electrons. The van der Waals surface area contributed by atoms with Crippen LogP contribution in [-0.2, 0) is 0 Å². The Balaban J connectivity index is 1.49. The van der Waals surface area contributed by atoms with Gasteiger partial charge in [-0.05, 0) is 43.7 Å². The Kier molecular flexibility index (Phi) is 4.38. The molecule has 1 aliphatic rings. The number of aromatic amines is 1. The molecule has 0 bridgehead atoms. The maximum atomic E-state index is 6.01. The van der Waals surface area contributed by atoms with E-state index < -0.39 is 0 Å². The van der Waals surface area contributed by atoms with E-state index in [2.05, 4.69) is 35.7 Å². The molecule has 1 saturated heterocycles. The van der Waals surface area contributed by atoms with E-state index in [9.17, 15) is 0 Å². The van der Waals surface area contributed by atoms with Crippen molar-refractivity contribution in [2.75, 3.05) is 13.1 Å². The topological polar surface area (TPSA) is 102 Å². The Hall–Kier alpha value is -3.39. The Labute approximate surface area is 161 Å². The van der Waals surface area contributed by atoms with Gasteiger partial charge < -0.3 is 10.1 Å². The second-order valence-electron chi connectivity index (χ2n) is 6.77. The standard InChI is InChI=1S/C20H19N7O/c1-3-14(10-21-7-1)28-19-12-22-11-18(24-19)20-15-9-13(5-6-17(15)26-27-20)16-4-2-8-23-25-16/h2,4-6,8-9,11-12,14,21H,1,3,7,10H2,(H,26,27)/t14-/m1/s1. The molecule has 3 aromatic heterocycles. The van der Waals surface area contributed by atoms with E-state index in [-0.39, 0.29) is 6.10 Å². The molecule has 28 heavy (non-hydrogen) atoms. The zero-order valence-electron chi connectivity index (χ0n) is 15.2. The number of nitrogens with zero attached hydrogens (tertiary/aromatic N) is 5. The van der Waals surface area contributed by atoms with Gasteiger partial charge in [-0.15, -0.1) is 0 Å². The molecule has 0 amide bonds. The van der Waals surface area contributed by atoms with Crippen LogP contribution < -0.4 is 10.1 Å². The third-order valence-corrected chi connectivity index (χ3v) is 4.83. The molecular weight excluding hydrogens is 354 g/mol. The smallest absolute Gasteiger partial charge is 0.233 e. The maximum Gasteiger partial charge on any atom is 0.233 e. The largest absolute Gasteiger partial charge is 0.472 e. The summed E-state index contributed by atoms with van der Waals surface area (Å²) in [4.78, 5) is 8.95. The molecule has 4 aromatic rings. The molecule has 5 rings (SSSR count). The van der Waals surface area contributed by atoms with E-state index in [4.69, 9.17) is 4.74 Å². The molecule has 0 spiro atoms. The third-order valence-electron chi connectivity index (χ3n) is 4.83. The average Bonchev–Trinajstić information content (AvgIpc) is 3.19. The van der Waals surface area contributed by atoms with Gasteiger partial charge in [0.15, 0.2) is 0 Å². The molecule has 0 radical (unpaired) electrons. The normalized spacial score (nSPS) is 16.9. The summed E-state index contributed by atoms with van der Waals surface area (Å²) in [5.41, 5.74) is 4.11. The van der Waals surface area contributed by atoms with Gasteiger partial charge in [-0.1, -0.05) is 6.07 Å². The van der Waals surface area contributed by atoms with E-state index in [1.165, 1.54) is 0 Å². The first kappa shape index (κ1) is 16.8. The predicted molar refractivity (Wildman–Crippen MR) is 105 cm³/mol. The van der Waals surface area contributed by atoms with Crippen LogP contribution in [0.5, 0.6) is 5.88 Å². The number of rotatable bonds is 4. The van der Waals surface area contributed by atoms with Crippen molar-refractivity contribution in [3.63, 3.8) is 0 Å². The van der Waals surface area contributed by atoms with Crippen molar-refractivity contribution in [2.45, 2.75) is 18.9 Å². The summed E-state index contributed by atoms with van der Waals surface area (Å²) in [5.74, 6) is 0.521. The van der Waals surface area contributed by atoms with Crippen molar-refractivity contribution in [1.29, 1.82) is 0 Å². The zero-order chi connectivity index (χ0) is 18.8. The Bertz CT molecular complexity index is 1090. The molecule has 0 aliphatic carbocycles. The van der Waals surface area contributed by atoms with Gasteiger partial charge in [0.2, 0.25) is 5.88 Å². The van der Waals surface area contributed by atoms with E-state index in [1.54, 1.807) is 18.6 Å². The summed E-state index contributed by atoms with van der Waals surface area (Å²) in [5, 5.41) is 20.0. The van der Waals surface area contributed by atoms with Crippen LogP contribution in [0.25, 0.3) is 33.5 Å². The highest BCUT2D eigenvalue weighted by Gasteiger charge is 2.17. The van der Waals surface area contributed by atoms with Gasteiger partial charge in [-0.2, -0.15) is 15.3 Å². The van der Waals surface area contributed by atoms with Crippen molar-refractivity contribution in [1.82, 2.24) is 35.7 Å².